The number of rotatable bonds is 3. The summed E-state index contributed by atoms with van der Waals surface area (Å²) in [5, 5.41) is 2.77. The first-order chi connectivity index (χ1) is 4.70. The number of carbonyl (C=O) groups excluding carboxylic acids is 1. The molecule has 0 spiro atoms. The largest absolute Gasteiger partial charge is 0.458 e. The zero-order valence-corrected chi connectivity index (χ0v) is 5.63. The van der Waals surface area contributed by atoms with Gasteiger partial charge in [-0.2, -0.15) is 0 Å². The smallest absolute Gasteiger partial charge is 0.348 e. The zero-order chi connectivity index (χ0) is 7.98. The Morgan fingerprint density at radius 3 is 3.22 bits per heavy atom. The predicted octanol–water partition coefficient (Wildman–Crippen LogP) is 0.978. The number of carbonyl (C=O) groups is 1. The third-order valence-corrected chi connectivity index (χ3v) is 0.998. The summed E-state index contributed by atoms with van der Waals surface area (Å²) in [6.07, 6.45) is 1.52. The van der Waals surface area contributed by atoms with E-state index < -0.39 is 5.97 Å². The molecular formula is C6H11NO2. The van der Waals surface area contributed by atoms with E-state index in [0.29, 0.717) is 0 Å². The molecule has 0 radical (unpaired) electrons. The molecule has 0 rings (SSSR count). The Bertz CT molecular complexity index is 136. The van der Waals surface area contributed by atoms with Crippen molar-refractivity contribution < 1.29 is 10.9 Å². The lowest BCUT2D eigenvalue weighted by atomic mass is 10.3. The van der Waals surface area contributed by atoms with Crippen molar-refractivity contribution in [2.24, 2.45) is 0 Å². The summed E-state index contributed by atoms with van der Waals surface area (Å²) in [6.45, 7) is 3.70. The first-order valence-electron chi connectivity index (χ1n) is 3.33. The van der Waals surface area contributed by atoms with Gasteiger partial charge in [-0.3, -0.25) is 0 Å². The first kappa shape index (κ1) is 6.26. The molecule has 1 atom stereocenters. The van der Waals surface area contributed by atoms with Crippen LogP contribution in [0.2, 0.25) is 1.41 Å². The minimum Gasteiger partial charge on any atom is -0.458 e. The molecule has 0 amide bonds. The molecule has 0 heterocycles. The van der Waals surface area contributed by atoms with Gasteiger partial charge in [0.2, 0.25) is 0 Å². The topological polar surface area (TPSA) is 50.2 Å². The Morgan fingerprint density at radius 2 is 2.78 bits per heavy atom. The Hall–Kier alpha value is -0.860. The standard InChI is InChI=1S/C6H11NO2/c1-3-5(2)9-6(8)4-7/h4-5,7H,3H2,1-2H3/i/hT. The van der Waals surface area contributed by atoms with Crippen LogP contribution in [0.25, 0.3) is 0 Å². The highest BCUT2D eigenvalue weighted by Crippen LogP contribution is 1.94. The van der Waals surface area contributed by atoms with Crippen LogP contribution in [0, 0.1) is 5.40 Å². The van der Waals surface area contributed by atoms with E-state index >= 15 is 0 Å². The van der Waals surface area contributed by atoms with E-state index in [2.05, 4.69) is 5.40 Å². The van der Waals surface area contributed by atoms with Crippen LogP contribution in [-0.4, -0.2) is 18.3 Å². The molecular weight excluding hydrogens is 118 g/mol. The Labute approximate surface area is 56.0 Å². The van der Waals surface area contributed by atoms with Gasteiger partial charge in [-0.15, -0.1) is 0 Å². The zero-order valence-electron chi connectivity index (χ0n) is 6.63. The molecule has 0 aromatic carbocycles. The van der Waals surface area contributed by atoms with Crippen molar-refractivity contribution in [2.45, 2.75) is 26.4 Å². The number of hydrogen-bond donors (Lipinski definition) is 1. The molecule has 0 saturated heterocycles. The van der Waals surface area contributed by atoms with Gasteiger partial charge in [0, 0.05) is 0 Å². The fraction of sp³-hybridized carbons (Fsp3) is 0.667. The third kappa shape index (κ3) is 3.70. The molecule has 0 aliphatic rings. The van der Waals surface area contributed by atoms with E-state index in [0.717, 1.165) is 12.6 Å². The average molecular weight is 131 g/mol. The van der Waals surface area contributed by atoms with Crippen LogP contribution in [0.5, 0.6) is 0 Å². The van der Waals surface area contributed by atoms with Gasteiger partial charge in [0.25, 0.3) is 0 Å². The van der Waals surface area contributed by atoms with E-state index in [4.69, 9.17) is 6.15 Å². The molecule has 0 aromatic heterocycles. The second kappa shape index (κ2) is 4.06. The molecule has 0 fully saturated rings. The molecule has 1 unspecified atom stereocenters. The van der Waals surface area contributed by atoms with E-state index in [-0.39, 0.29) is 6.10 Å². The molecule has 1 N–H and O–H groups in total. The summed E-state index contributed by atoms with van der Waals surface area (Å²) in [7, 11) is 0. The average Bonchev–Trinajstić information content (AvgIpc) is 1.88. The van der Waals surface area contributed by atoms with Gasteiger partial charge < -0.3 is 10.1 Å². The lowest BCUT2D eigenvalue weighted by molar-refractivity contribution is -0.139. The highest BCUT2D eigenvalue weighted by atomic mass is 16.5. The van der Waals surface area contributed by atoms with Crippen LogP contribution < -0.4 is 0 Å². The molecule has 0 aliphatic carbocycles. The van der Waals surface area contributed by atoms with Gasteiger partial charge in [0.15, 0.2) is 1.41 Å². The molecule has 9 heavy (non-hydrogen) atoms. The van der Waals surface area contributed by atoms with Gasteiger partial charge in [0.05, 0.1) is 6.10 Å². The van der Waals surface area contributed by atoms with Crippen molar-refractivity contribution >= 4 is 12.2 Å². The fourth-order valence-electron chi connectivity index (χ4n) is 0.312. The Kier molecular flexibility index (Phi) is 2.83. The Balaban J connectivity index is 3.57. The van der Waals surface area contributed by atoms with Crippen LogP contribution in [0.15, 0.2) is 0 Å². The van der Waals surface area contributed by atoms with Crippen molar-refractivity contribution in [2.75, 3.05) is 0 Å². The van der Waals surface area contributed by atoms with Gasteiger partial charge >= 0.3 is 5.97 Å². The second-order valence-electron chi connectivity index (χ2n) is 1.78. The highest BCUT2D eigenvalue weighted by molar-refractivity contribution is 6.21. The SMILES string of the molecule is [3H]N=CC(=O)OC(C)CC. The maximum Gasteiger partial charge on any atom is 0.348 e. The summed E-state index contributed by atoms with van der Waals surface area (Å²) < 4.78 is 11.0. The van der Waals surface area contributed by atoms with Crippen molar-refractivity contribution in [1.29, 1.82) is 5.40 Å². The number of hydrogen-bond acceptors (Lipinski definition) is 3. The van der Waals surface area contributed by atoms with Crippen LogP contribution in [-0.2, 0) is 9.53 Å². The van der Waals surface area contributed by atoms with E-state index in [1.54, 1.807) is 6.92 Å². The molecule has 0 bridgehead atoms. The van der Waals surface area contributed by atoms with Crippen LogP contribution in [0.4, 0.5) is 0 Å². The first-order valence-corrected chi connectivity index (χ1v) is 2.88. The van der Waals surface area contributed by atoms with Crippen molar-refractivity contribution in [3.63, 3.8) is 0 Å². The maximum atomic E-state index is 10.5. The minimum atomic E-state index is -0.552. The fourth-order valence-corrected chi connectivity index (χ4v) is 0.312. The maximum absolute atomic E-state index is 10.5. The number of ether oxygens (including phenoxy) is 1. The van der Waals surface area contributed by atoms with Crippen LogP contribution in [0.1, 0.15) is 20.3 Å². The molecule has 3 heteroatoms. The van der Waals surface area contributed by atoms with E-state index in [1.165, 1.54) is 0 Å². The second-order valence-corrected chi connectivity index (χ2v) is 1.78. The number of nitrogens with one attached hydrogen (secondary N) is 1. The van der Waals surface area contributed by atoms with Crippen LogP contribution in [0.3, 0.4) is 0 Å². The van der Waals surface area contributed by atoms with Crippen molar-refractivity contribution in [1.82, 2.24) is 0 Å². The van der Waals surface area contributed by atoms with Gasteiger partial charge in [-0.1, -0.05) is 6.92 Å². The van der Waals surface area contributed by atoms with Gasteiger partial charge in [-0.25, -0.2) is 4.79 Å². The summed E-state index contributed by atoms with van der Waals surface area (Å²) in [5.41, 5.74) is 0. The summed E-state index contributed by atoms with van der Waals surface area (Å²) in [4.78, 5) is 10.5. The Morgan fingerprint density at radius 1 is 2.11 bits per heavy atom. The number of esters is 1. The summed E-state index contributed by atoms with van der Waals surface area (Å²) in [5.74, 6) is -0.552. The molecule has 0 aromatic rings. The van der Waals surface area contributed by atoms with Gasteiger partial charge in [0.1, 0.15) is 6.21 Å². The van der Waals surface area contributed by atoms with Gasteiger partial charge in [-0.05, 0) is 13.3 Å². The third-order valence-electron chi connectivity index (χ3n) is 0.998. The van der Waals surface area contributed by atoms with Crippen molar-refractivity contribution in [3.05, 3.63) is 0 Å². The molecule has 52 valence electrons. The van der Waals surface area contributed by atoms with E-state index in [1.807, 2.05) is 6.92 Å². The van der Waals surface area contributed by atoms with Crippen LogP contribution >= 0.6 is 0 Å². The highest BCUT2D eigenvalue weighted by Gasteiger charge is 2.01. The lowest BCUT2D eigenvalue weighted by Crippen LogP contribution is -2.13. The summed E-state index contributed by atoms with van der Waals surface area (Å²) in [6, 6.07) is 0. The molecule has 0 aliphatic heterocycles. The monoisotopic (exact) mass is 131 g/mol. The van der Waals surface area contributed by atoms with Crippen molar-refractivity contribution in [3.8, 4) is 0 Å². The summed E-state index contributed by atoms with van der Waals surface area (Å²) >= 11 is 0. The van der Waals surface area contributed by atoms with E-state index in [9.17, 15) is 4.79 Å². The lowest BCUT2D eigenvalue weighted by Gasteiger charge is -2.06. The normalized spacial score (nSPS) is 15.1. The predicted molar refractivity (Wildman–Crippen MR) is 34.6 cm³/mol. The quantitative estimate of drug-likeness (QED) is 0.458. The molecule has 0 saturated carbocycles. The minimum absolute atomic E-state index is 0.0921. The molecule has 3 nitrogen and oxygen atoms in total.